The third kappa shape index (κ3) is 5.29. The second kappa shape index (κ2) is 12.2. The van der Waals surface area contributed by atoms with Gasteiger partial charge in [-0.1, -0.05) is 12.0 Å². The van der Waals surface area contributed by atoms with E-state index in [0.717, 1.165) is 25.1 Å². The van der Waals surface area contributed by atoms with Crippen molar-refractivity contribution < 1.29 is 41.7 Å². The van der Waals surface area contributed by atoms with Gasteiger partial charge < -0.3 is 24.2 Å². The van der Waals surface area contributed by atoms with E-state index in [2.05, 4.69) is 15.8 Å². The number of phenolic OH excluding ortho intramolecular Hbond substituents is 1. The molecule has 2 bridgehead atoms. The topological polar surface area (TPSA) is 100 Å². The van der Waals surface area contributed by atoms with Crippen molar-refractivity contribution in [2.24, 2.45) is 0 Å². The summed E-state index contributed by atoms with van der Waals surface area (Å²) in [5, 5.41) is 11.0. The van der Waals surface area contributed by atoms with E-state index in [1.807, 2.05) is 4.90 Å². The Morgan fingerprint density at radius 1 is 1.11 bits per heavy atom. The Bertz CT molecular complexity index is 2290. The Labute approximate surface area is 309 Å². The van der Waals surface area contributed by atoms with Crippen molar-refractivity contribution in [3.05, 3.63) is 47.3 Å². The second-order valence-corrected chi connectivity index (χ2v) is 16.1. The van der Waals surface area contributed by atoms with Crippen LogP contribution in [0.15, 0.2) is 24.3 Å². The first-order valence-corrected chi connectivity index (χ1v) is 18.3. The van der Waals surface area contributed by atoms with Crippen LogP contribution in [-0.4, -0.2) is 99.3 Å². The molecule has 5 aliphatic rings. The molecular weight excluding hydrogens is 706 g/mol. The van der Waals surface area contributed by atoms with Crippen LogP contribution in [0, 0.1) is 29.8 Å². The van der Waals surface area contributed by atoms with Crippen molar-refractivity contribution in [2.75, 3.05) is 37.7 Å². The number of terminal acetylenes is 1. The third-order valence-electron chi connectivity index (χ3n) is 11.7. The van der Waals surface area contributed by atoms with Crippen molar-refractivity contribution in [2.45, 2.75) is 88.3 Å². The van der Waals surface area contributed by atoms with Crippen LogP contribution in [0.4, 0.5) is 28.2 Å². The summed E-state index contributed by atoms with van der Waals surface area (Å²) in [6.07, 6.45) is 7.40. The zero-order valence-corrected chi connectivity index (χ0v) is 30.1. The number of hydrogen-bond donors (Lipinski definition) is 1. The SMILES string of the molecule is C#Cc1c(F)ccc2cc(O)cc(-c3c(F)c4c5c(nc(OC[C@@]67CCCN6C[C@H](F)C7)nc5c3F)N3C[C@@H]5CC[C@H]([C@H]3CO4)N5C(=O)OC(C)(C)C)c12. The highest BCUT2D eigenvalue weighted by molar-refractivity contribution is 6.06. The smallest absolute Gasteiger partial charge is 0.410 e. The molecule has 0 unspecified atom stereocenters. The van der Waals surface area contributed by atoms with E-state index in [4.69, 9.17) is 25.6 Å². The lowest BCUT2D eigenvalue weighted by Crippen LogP contribution is -2.63. The number of fused-ring (bicyclic) bond motifs is 7. The molecule has 5 aliphatic heterocycles. The molecule has 5 atom stereocenters. The fraction of sp³-hybridized carbons (Fsp3) is 0.475. The predicted molar refractivity (Wildman–Crippen MR) is 192 cm³/mol. The highest BCUT2D eigenvalue weighted by atomic mass is 19.1. The summed E-state index contributed by atoms with van der Waals surface area (Å²) in [7, 11) is 0. The summed E-state index contributed by atoms with van der Waals surface area (Å²) in [6.45, 7) is 6.63. The Balaban J connectivity index is 1.23. The number of aromatic nitrogens is 2. The minimum atomic E-state index is -1.12. The first-order chi connectivity index (χ1) is 25.8. The van der Waals surface area contributed by atoms with Crippen molar-refractivity contribution >= 4 is 33.6 Å². The number of anilines is 1. The zero-order chi connectivity index (χ0) is 37.8. The molecule has 4 fully saturated rings. The molecule has 3 aromatic carbocycles. The van der Waals surface area contributed by atoms with E-state index in [9.17, 15) is 14.3 Å². The van der Waals surface area contributed by atoms with E-state index in [1.54, 1.807) is 25.7 Å². The number of rotatable bonds is 4. The van der Waals surface area contributed by atoms with E-state index in [-0.39, 0.29) is 88.4 Å². The van der Waals surface area contributed by atoms with Gasteiger partial charge in [-0.2, -0.15) is 9.97 Å². The minimum Gasteiger partial charge on any atom is -0.508 e. The average molecular weight is 746 g/mol. The van der Waals surface area contributed by atoms with E-state index >= 15 is 13.2 Å². The number of hydrogen-bond acceptors (Lipinski definition) is 9. The maximum Gasteiger partial charge on any atom is 0.410 e. The first-order valence-electron chi connectivity index (χ1n) is 18.3. The molecule has 9 rings (SSSR count). The van der Waals surface area contributed by atoms with Crippen LogP contribution in [0.2, 0.25) is 0 Å². The van der Waals surface area contributed by atoms with Gasteiger partial charge in [0.1, 0.15) is 47.9 Å². The highest BCUT2D eigenvalue weighted by Crippen LogP contribution is 2.50. The van der Waals surface area contributed by atoms with Gasteiger partial charge in [-0.05, 0) is 76.6 Å². The second-order valence-electron chi connectivity index (χ2n) is 16.1. The molecule has 4 aromatic rings. The van der Waals surface area contributed by atoms with Crippen LogP contribution in [0.5, 0.6) is 17.5 Å². The van der Waals surface area contributed by atoms with Crippen molar-refractivity contribution in [1.29, 1.82) is 0 Å². The standard InChI is InChI=1S/C40H39F4N5O5/c1-5-24-26(42)9-7-20-13-23(50)14-25(29(20)24)30-32(43)34-31-35(33(30)44)52-18-28-27-10-8-22(49(27)38(51)54-39(2,3)4)17-48(28)36(31)46-37(45-34)53-19-40-11-6-12-47(40)16-21(41)15-40/h1,7,9,13-14,21-22,27-28,50H,6,8,10-12,15-19H2,2-4H3/t21-,22+,27-,28-,40+/m1/s1. The Hall–Kier alpha value is -5.03. The lowest BCUT2D eigenvalue weighted by atomic mass is 9.92. The molecule has 54 heavy (non-hydrogen) atoms. The van der Waals surface area contributed by atoms with Crippen molar-refractivity contribution in [1.82, 2.24) is 19.8 Å². The van der Waals surface area contributed by atoms with Gasteiger partial charge in [0, 0.05) is 30.5 Å². The number of phenols is 1. The van der Waals surface area contributed by atoms with E-state index in [0.29, 0.717) is 25.8 Å². The molecule has 0 spiro atoms. The number of nitrogens with zero attached hydrogens (tertiary/aromatic N) is 5. The number of piperazine rings is 1. The molecule has 0 aliphatic carbocycles. The summed E-state index contributed by atoms with van der Waals surface area (Å²) >= 11 is 0. The minimum absolute atomic E-state index is 0.0178. The Kier molecular flexibility index (Phi) is 7.87. The number of carbonyl (C=O) groups is 1. The monoisotopic (exact) mass is 745 g/mol. The highest BCUT2D eigenvalue weighted by Gasteiger charge is 2.53. The van der Waals surface area contributed by atoms with Gasteiger partial charge in [-0.25, -0.2) is 22.4 Å². The maximum atomic E-state index is 17.4. The van der Waals surface area contributed by atoms with Gasteiger partial charge >= 0.3 is 12.1 Å². The molecule has 4 saturated heterocycles. The number of benzene rings is 3. The van der Waals surface area contributed by atoms with Crippen LogP contribution in [0.3, 0.4) is 0 Å². The fourth-order valence-electron chi connectivity index (χ4n) is 9.54. The molecule has 1 aromatic heterocycles. The average Bonchev–Trinajstić information content (AvgIpc) is 3.71. The first kappa shape index (κ1) is 34.7. The number of carbonyl (C=O) groups excluding carboxylic acids is 1. The number of amides is 1. The summed E-state index contributed by atoms with van der Waals surface area (Å²) in [4.78, 5) is 28.6. The van der Waals surface area contributed by atoms with Gasteiger partial charge in [0.05, 0.1) is 40.2 Å². The van der Waals surface area contributed by atoms with Crippen molar-refractivity contribution in [3.8, 4) is 41.0 Å². The number of halogens is 4. The van der Waals surface area contributed by atoms with Gasteiger partial charge in [0.25, 0.3) is 0 Å². The Morgan fingerprint density at radius 3 is 2.70 bits per heavy atom. The molecular formula is C40H39F4N5O5. The van der Waals surface area contributed by atoms with Gasteiger partial charge in [0.2, 0.25) is 0 Å². The Morgan fingerprint density at radius 2 is 1.93 bits per heavy atom. The van der Waals surface area contributed by atoms with Crippen LogP contribution in [-0.2, 0) is 4.74 Å². The largest absolute Gasteiger partial charge is 0.508 e. The fourth-order valence-corrected chi connectivity index (χ4v) is 9.54. The van der Waals surface area contributed by atoms with E-state index < -0.39 is 58.5 Å². The molecule has 0 saturated carbocycles. The molecule has 14 heteroatoms. The van der Waals surface area contributed by atoms with E-state index in [1.165, 1.54) is 12.1 Å². The molecule has 1 N–H and O–H groups in total. The van der Waals surface area contributed by atoms with Gasteiger partial charge in [0.15, 0.2) is 17.4 Å². The molecule has 0 radical (unpaired) electrons. The molecule has 282 valence electrons. The van der Waals surface area contributed by atoms with Crippen LogP contribution in [0.25, 0.3) is 32.8 Å². The number of alkyl halides is 1. The van der Waals surface area contributed by atoms with Crippen LogP contribution in [0.1, 0.15) is 58.4 Å². The van der Waals surface area contributed by atoms with Crippen LogP contribution < -0.4 is 14.4 Å². The zero-order valence-electron chi connectivity index (χ0n) is 30.1. The lowest BCUT2D eigenvalue weighted by Gasteiger charge is -2.46. The summed E-state index contributed by atoms with van der Waals surface area (Å²) < 4.78 is 82.7. The summed E-state index contributed by atoms with van der Waals surface area (Å²) in [6, 6.07) is 3.51. The third-order valence-corrected chi connectivity index (χ3v) is 11.7. The van der Waals surface area contributed by atoms with Crippen LogP contribution >= 0.6 is 0 Å². The number of aromatic hydroxyl groups is 1. The normalized spacial score (nSPS) is 26.0. The molecule has 1 amide bonds. The summed E-state index contributed by atoms with van der Waals surface area (Å²) in [5.41, 5.74) is -2.70. The summed E-state index contributed by atoms with van der Waals surface area (Å²) in [5.74, 6) is -1.23. The van der Waals surface area contributed by atoms with Gasteiger partial charge in [-0.3, -0.25) is 9.80 Å². The predicted octanol–water partition coefficient (Wildman–Crippen LogP) is 6.86. The van der Waals surface area contributed by atoms with Gasteiger partial charge in [-0.15, -0.1) is 6.42 Å². The molecule has 6 heterocycles. The maximum absolute atomic E-state index is 17.4. The quantitative estimate of drug-likeness (QED) is 0.178. The molecule has 10 nitrogen and oxygen atoms in total. The van der Waals surface area contributed by atoms with Crippen molar-refractivity contribution in [3.63, 3.8) is 0 Å². The lowest BCUT2D eigenvalue weighted by molar-refractivity contribution is 0.00537. The number of ether oxygens (including phenoxy) is 3.